The molecule has 0 spiro atoms. The minimum absolute atomic E-state index is 0.257. The van der Waals surface area contributed by atoms with Crippen LogP contribution in [-0.2, 0) is 14.6 Å². The summed E-state index contributed by atoms with van der Waals surface area (Å²) >= 11 is 0. The first-order valence-electron chi connectivity index (χ1n) is 6.48. The van der Waals surface area contributed by atoms with Gasteiger partial charge in [-0.2, -0.15) is 0 Å². The van der Waals surface area contributed by atoms with Gasteiger partial charge in [0.15, 0.2) is 33.1 Å². The largest absolute Gasteiger partial charge is 0.299 e. The lowest BCUT2D eigenvalue weighted by atomic mass is 9.98. The molecule has 1 fully saturated rings. The number of ketones is 2. The number of benzene rings is 1. The van der Waals surface area contributed by atoms with Crippen molar-refractivity contribution in [1.29, 1.82) is 0 Å². The van der Waals surface area contributed by atoms with Crippen LogP contribution in [0.5, 0.6) is 0 Å². The van der Waals surface area contributed by atoms with Crippen molar-refractivity contribution in [2.45, 2.75) is 31.1 Å². The lowest BCUT2D eigenvalue weighted by Gasteiger charge is -2.12. The molecule has 1 aromatic rings. The zero-order chi connectivity index (χ0) is 16.8. The highest BCUT2D eigenvalue weighted by Gasteiger charge is 2.34. The maximum atomic E-state index is 13.9. The summed E-state index contributed by atoms with van der Waals surface area (Å²) in [4.78, 5) is 22.6. The van der Waals surface area contributed by atoms with Gasteiger partial charge in [-0.05, 0) is 25.3 Å². The number of hydrogen-bond donors (Lipinski definition) is 0. The first-order valence-corrected chi connectivity index (χ1v) is 8.37. The third-order valence-electron chi connectivity index (χ3n) is 3.54. The smallest absolute Gasteiger partial charge is 0.196 e. The Labute approximate surface area is 125 Å². The molecule has 22 heavy (non-hydrogen) atoms. The fourth-order valence-corrected chi connectivity index (χ4v) is 3.39. The molecular weight excluding hydrogens is 321 g/mol. The quantitative estimate of drug-likeness (QED) is 0.359. The van der Waals surface area contributed by atoms with E-state index in [2.05, 4.69) is 0 Å². The van der Waals surface area contributed by atoms with Crippen molar-refractivity contribution in [2.75, 3.05) is 6.26 Å². The maximum Gasteiger partial charge on any atom is 0.196 e. The Kier molecular flexibility index (Phi) is 4.16. The summed E-state index contributed by atoms with van der Waals surface area (Å²) in [6.45, 7) is 1.01. The van der Waals surface area contributed by atoms with Crippen LogP contribution >= 0.6 is 0 Å². The van der Waals surface area contributed by atoms with Crippen LogP contribution < -0.4 is 0 Å². The third-order valence-corrected chi connectivity index (χ3v) is 4.76. The summed E-state index contributed by atoms with van der Waals surface area (Å²) in [7, 11) is -4.21. The van der Waals surface area contributed by atoms with Crippen molar-refractivity contribution in [3.05, 3.63) is 28.6 Å². The van der Waals surface area contributed by atoms with Crippen molar-refractivity contribution in [1.82, 2.24) is 0 Å². The van der Waals surface area contributed by atoms with Gasteiger partial charge in [0.05, 0.1) is 12.0 Å². The van der Waals surface area contributed by atoms with E-state index in [0.29, 0.717) is 19.1 Å². The van der Waals surface area contributed by atoms with Crippen LogP contribution in [-0.4, -0.2) is 26.2 Å². The van der Waals surface area contributed by atoms with Gasteiger partial charge in [0.25, 0.3) is 0 Å². The third kappa shape index (κ3) is 2.92. The van der Waals surface area contributed by atoms with Crippen LogP contribution in [0.25, 0.3) is 0 Å². The molecule has 0 amide bonds. The number of rotatable bonds is 5. The molecule has 1 aliphatic carbocycles. The van der Waals surface area contributed by atoms with Gasteiger partial charge in [0, 0.05) is 12.2 Å². The minimum Gasteiger partial charge on any atom is -0.299 e. The standard InChI is InChI=1S/C14H13F3O4S/c1-6-10(9(19)5-8(18)7-3-4-7)11(15)12(16)13(17)14(6)22(2,20)21/h7H,3-5H2,1-2H3. The van der Waals surface area contributed by atoms with E-state index < -0.39 is 61.3 Å². The van der Waals surface area contributed by atoms with Gasteiger partial charge in [-0.15, -0.1) is 0 Å². The number of sulfone groups is 1. The Bertz CT molecular complexity index is 780. The molecule has 0 unspecified atom stereocenters. The maximum absolute atomic E-state index is 13.9. The summed E-state index contributed by atoms with van der Waals surface area (Å²) in [5.74, 6) is -7.37. The van der Waals surface area contributed by atoms with E-state index in [0.717, 1.165) is 6.92 Å². The van der Waals surface area contributed by atoms with Crippen molar-refractivity contribution < 1.29 is 31.2 Å². The highest BCUT2D eigenvalue weighted by molar-refractivity contribution is 7.90. The molecule has 1 saturated carbocycles. The Morgan fingerprint density at radius 2 is 1.64 bits per heavy atom. The second-order valence-electron chi connectivity index (χ2n) is 5.38. The SMILES string of the molecule is Cc1c(C(=O)CC(=O)C2CC2)c(F)c(F)c(F)c1S(C)(=O)=O. The molecule has 120 valence electrons. The van der Waals surface area contributed by atoms with Crippen molar-refractivity contribution in [3.63, 3.8) is 0 Å². The molecular formula is C14H13F3O4S. The molecule has 2 rings (SSSR count). The number of carbonyl (C=O) groups is 2. The molecule has 0 radical (unpaired) electrons. The molecule has 0 bridgehead atoms. The normalized spacial score (nSPS) is 15.0. The van der Waals surface area contributed by atoms with E-state index in [4.69, 9.17) is 0 Å². The Morgan fingerprint density at radius 3 is 2.09 bits per heavy atom. The molecule has 0 saturated heterocycles. The molecule has 0 aliphatic heterocycles. The van der Waals surface area contributed by atoms with Gasteiger partial charge < -0.3 is 0 Å². The lowest BCUT2D eigenvalue weighted by molar-refractivity contribution is -0.119. The topological polar surface area (TPSA) is 68.3 Å². The highest BCUT2D eigenvalue weighted by Crippen LogP contribution is 2.33. The molecule has 8 heteroatoms. The van der Waals surface area contributed by atoms with Gasteiger partial charge in [0.2, 0.25) is 0 Å². The van der Waals surface area contributed by atoms with Crippen molar-refractivity contribution in [2.24, 2.45) is 5.92 Å². The van der Waals surface area contributed by atoms with Gasteiger partial charge in [-0.25, -0.2) is 21.6 Å². The van der Waals surface area contributed by atoms with Crippen LogP contribution in [0.4, 0.5) is 13.2 Å². The zero-order valence-corrected chi connectivity index (χ0v) is 12.7. The first-order chi connectivity index (χ1) is 10.1. The van der Waals surface area contributed by atoms with Crippen LogP contribution in [0, 0.1) is 30.3 Å². The van der Waals surface area contributed by atoms with Crippen molar-refractivity contribution >= 4 is 21.4 Å². The second kappa shape index (κ2) is 5.49. The number of hydrogen-bond acceptors (Lipinski definition) is 4. The number of carbonyl (C=O) groups excluding carboxylic acids is 2. The van der Waals surface area contributed by atoms with Crippen LogP contribution in [0.1, 0.15) is 35.2 Å². The van der Waals surface area contributed by atoms with Gasteiger partial charge >= 0.3 is 0 Å². The minimum atomic E-state index is -4.21. The lowest BCUT2D eigenvalue weighted by Crippen LogP contribution is -2.18. The average Bonchev–Trinajstić information content (AvgIpc) is 3.18. The van der Waals surface area contributed by atoms with Crippen LogP contribution in [0.2, 0.25) is 0 Å². The monoisotopic (exact) mass is 334 g/mol. The summed E-state index contributed by atoms with van der Waals surface area (Å²) in [6.07, 6.45) is 1.25. The fraction of sp³-hybridized carbons (Fsp3) is 0.429. The van der Waals surface area contributed by atoms with E-state index in [1.54, 1.807) is 0 Å². The second-order valence-corrected chi connectivity index (χ2v) is 7.34. The van der Waals surface area contributed by atoms with E-state index in [-0.39, 0.29) is 5.92 Å². The van der Waals surface area contributed by atoms with E-state index >= 15 is 0 Å². The Hall–Kier alpha value is -1.70. The highest BCUT2D eigenvalue weighted by atomic mass is 32.2. The number of halogens is 3. The molecule has 0 atom stereocenters. The fourth-order valence-electron chi connectivity index (χ4n) is 2.32. The molecule has 0 N–H and O–H groups in total. The molecule has 0 aromatic heterocycles. The van der Waals surface area contributed by atoms with Crippen LogP contribution in [0.3, 0.4) is 0 Å². The predicted molar refractivity (Wildman–Crippen MR) is 70.8 cm³/mol. The molecule has 1 aliphatic rings. The first kappa shape index (κ1) is 16.7. The zero-order valence-electron chi connectivity index (χ0n) is 11.9. The number of Topliss-reactive ketones (excluding diaryl/α,β-unsaturated/α-hetero) is 2. The summed E-state index contributed by atoms with van der Waals surface area (Å²) < 4.78 is 64.2. The van der Waals surface area contributed by atoms with E-state index in [1.165, 1.54) is 0 Å². The predicted octanol–water partition coefficient (Wildman–Crippen LogP) is 2.37. The average molecular weight is 334 g/mol. The van der Waals surface area contributed by atoms with Gasteiger partial charge in [0.1, 0.15) is 10.7 Å². The van der Waals surface area contributed by atoms with E-state index in [1.807, 2.05) is 0 Å². The molecule has 4 nitrogen and oxygen atoms in total. The molecule has 0 heterocycles. The summed E-state index contributed by atoms with van der Waals surface area (Å²) in [5.41, 5.74) is -1.40. The Morgan fingerprint density at radius 1 is 1.09 bits per heavy atom. The molecule has 1 aromatic carbocycles. The summed E-state index contributed by atoms with van der Waals surface area (Å²) in [5, 5.41) is 0. The van der Waals surface area contributed by atoms with E-state index in [9.17, 15) is 31.2 Å². The van der Waals surface area contributed by atoms with Crippen molar-refractivity contribution in [3.8, 4) is 0 Å². The van der Waals surface area contributed by atoms with Gasteiger partial charge in [-0.3, -0.25) is 9.59 Å². The summed E-state index contributed by atoms with van der Waals surface area (Å²) in [6, 6.07) is 0. The van der Waals surface area contributed by atoms with Crippen LogP contribution in [0.15, 0.2) is 4.90 Å². The Balaban J connectivity index is 2.58. The van der Waals surface area contributed by atoms with Gasteiger partial charge in [-0.1, -0.05) is 0 Å².